The van der Waals surface area contributed by atoms with Crippen molar-refractivity contribution in [2.24, 2.45) is 5.92 Å². The first-order chi connectivity index (χ1) is 12.5. The number of anilines is 2. The van der Waals surface area contributed by atoms with Gasteiger partial charge < -0.3 is 4.90 Å². The number of hydrogen-bond donors (Lipinski definition) is 0. The smallest absolute Gasteiger partial charge is 0.234 e. The van der Waals surface area contributed by atoms with Gasteiger partial charge >= 0.3 is 0 Å². The lowest BCUT2D eigenvalue weighted by atomic mass is 10.0. The zero-order valence-corrected chi connectivity index (χ0v) is 16.9. The van der Waals surface area contributed by atoms with Crippen LogP contribution in [0.3, 0.4) is 0 Å². The van der Waals surface area contributed by atoms with Crippen LogP contribution in [0.2, 0.25) is 0 Å². The van der Waals surface area contributed by atoms with E-state index < -0.39 is 10.0 Å². The molecule has 4 rings (SSSR count). The number of benzene rings is 1. The SMILES string of the molecule is CCS(=O)(=O)N1CCc2cc(-c3csc(N4CCCC(C)C4)n3)ccc21. The second kappa shape index (κ2) is 6.85. The van der Waals surface area contributed by atoms with Crippen LogP contribution in [0.1, 0.15) is 32.3 Å². The van der Waals surface area contributed by atoms with Crippen LogP contribution in [-0.4, -0.2) is 38.8 Å². The first kappa shape index (κ1) is 17.8. The van der Waals surface area contributed by atoms with E-state index in [1.165, 1.54) is 12.8 Å². The number of nitrogens with zero attached hydrogens (tertiary/aromatic N) is 3. The minimum atomic E-state index is -3.19. The molecule has 0 N–H and O–H groups in total. The van der Waals surface area contributed by atoms with Crippen LogP contribution in [0.15, 0.2) is 23.6 Å². The fourth-order valence-electron chi connectivity index (χ4n) is 3.88. The van der Waals surface area contributed by atoms with Crippen molar-refractivity contribution >= 4 is 32.2 Å². The molecule has 140 valence electrons. The minimum Gasteiger partial charge on any atom is -0.348 e. The standard InChI is InChI=1S/C19H25N3O2S2/c1-3-26(23,24)22-10-8-16-11-15(6-7-18(16)22)17-13-25-19(20-17)21-9-4-5-14(2)12-21/h6-7,11,13-14H,3-5,8-10,12H2,1-2H3. The Bertz CT molecular complexity index is 907. The molecular formula is C19H25N3O2S2. The molecule has 1 atom stereocenters. The quantitative estimate of drug-likeness (QED) is 0.796. The molecule has 1 aromatic carbocycles. The first-order valence-electron chi connectivity index (χ1n) is 9.32. The molecule has 5 nitrogen and oxygen atoms in total. The molecule has 2 aliphatic heterocycles. The summed E-state index contributed by atoms with van der Waals surface area (Å²) >= 11 is 1.70. The molecular weight excluding hydrogens is 366 g/mol. The monoisotopic (exact) mass is 391 g/mol. The third-order valence-electron chi connectivity index (χ3n) is 5.35. The van der Waals surface area contributed by atoms with Crippen molar-refractivity contribution < 1.29 is 8.42 Å². The van der Waals surface area contributed by atoms with Crippen LogP contribution >= 0.6 is 11.3 Å². The molecule has 1 unspecified atom stereocenters. The molecule has 2 aliphatic rings. The molecule has 0 saturated carbocycles. The molecule has 2 aromatic rings. The summed E-state index contributed by atoms with van der Waals surface area (Å²) in [6, 6.07) is 6.05. The number of fused-ring (bicyclic) bond motifs is 1. The van der Waals surface area contributed by atoms with E-state index in [2.05, 4.69) is 23.3 Å². The third kappa shape index (κ3) is 3.22. The summed E-state index contributed by atoms with van der Waals surface area (Å²) in [5, 5.41) is 3.22. The van der Waals surface area contributed by atoms with Crippen molar-refractivity contribution in [3.63, 3.8) is 0 Å². The van der Waals surface area contributed by atoms with E-state index in [1.54, 1.807) is 22.6 Å². The van der Waals surface area contributed by atoms with Crippen molar-refractivity contribution in [2.45, 2.75) is 33.1 Å². The van der Waals surface area contributed by atoms with E-state index in [-0.39, 0.29) is 5.75 Å². The Morgan fingerprint density at radius 1 is 1.31 bits per heavy atom. The van der Waals surface area contributed by atoms with Crippen LogP contribution in [0.4, 0.5) is 10.8 Å². The van der Waals surface area contributed by atoms with E-state index >= 15 is 0 Å². The number of hydrogen-bond acceptors (Lipinski definition) is 5. The molecule has 0 bridgehead atoms. The van der Waals surface area contributed by atoms with Gasteiger partial charge in [-0.25, -0.2) is 13.4 Å². The molecule has 7 heteroatoms. The van der Waals surface area contributed by atoms with E-state index in [0.717, 1.165) is 53.1 Å². The summed E-state index contributed by atoms with van der Waals surface area (Å²) in [5.41, 5.74) is 3.99. The topological polar surface area (TPSA) is 53.5 Å². The zero-order chi connectivity index (χ0) is 18.3. The van der Waals surface area contributed by atoms with E-state index in [1.807, 2.05) is 12.1 Å². The van der Waals surface area contributed by atoms with Gasteiger partial charge in [-0.1, -0.05) is 13.0 Å². The normalized spacial score (nSPS) is 20.5. The molecule has 26 heavy (non-hydrogen) atoms. The fraction of sp³-hybridized carbons (Fsp3) is 0.526. The third-order valence-corrected chi connectivity index (χ3v) is 8.03. The number of piperidine rings is 1. The molecule has 1 fully saturated rings. The number of thiazole rings is 1. The van der Waals surface area contributed by atoms with Crippen LogP contribution in [-0.2, 0) is 16.4 Å². The van der Waals surface area contributed by atoms with Gasteiger partial charge in [0.2, 0.25) is 10.0 Å². The molecule has 0 spiro atoms. The highest BCUT2D eigenvalue weighted by Crippen LogP contribution is 2.36. The number of sulfonamides is 1. The Morgan fingerprint density at radius 2 is 2.15 bits per heavy atom. The molecule has 0 amide bonds. The van der Waals surface area contributed by atoms with E-state index in [4.69, 9.17) is 4.98 Å². The molecule has 1 saturated heterocycles. The summed E-state index contributed by atoms with van der Waals surface area (Å²) in [6.45, 7) is 6.71. The first-order valence-corrected chi connectivity index (χ1v) is 11.8. The summed E-state index contributed by atoms with van der Waals surface area (Å²) < 4.78 is 26.0. The van der Waals surface area contributed by atoms with Crippen LogP contribution in [0, 0.1) is 5.92 Å². The van der Waals surface area contributed by atoms with Crippen molar-refractivity contribution in [2.75, 3.05) is 34.6 Å². The van der Waals surface area contributed by atoms with Gasteiger partial charge in [-0.05, 0) is 49.8 Å². The van der Waals surface area contributed by atoms with Gasteiger partial charge in [-0.15, -0.1) is 11.3 Å². The van der Waals surface area contributed by atoms with Gasteiger partial charge in [0.15, 0.2) is 5.13 Å². The Balaban J connectivity index is 1.59. The zero-order valence-electron chi connectivity index (χ0n) is 15.3. The van der Waals surface area contributed by atoms with E-state index in [9.17, 15) is 8.42 Å². The highest BCUT2D eigenvalue weighted by molar-refractivity contribution is 7.92. The van der Waals surface area contributed by atoms with Gasteiger partial charge in [0.05, 0.1) is 17.1 Å². The van der Waals surface area contributed by atoms with Gasteiger partial charge in [0.25, 0.3) is 0 Å². The Morgan fingerprint density at radius 3 is 2.92 bits per heavy atom. The maximum atomic E-state index is 12.2. The van der Waals surface area contributed by atoms with Gasteiger partial charge in [0.1, 0.15) is 0 Å². The predicted octanol–water partition coefficient (Wildman–Crippen LogP) is 3.76. The second-order valence-electron chi connectivity index (χ2n) is 7.27. The highest BCUT2D eigenvalue weighted by Gasteiger charge is 2.28. The van der Waals surface area contributed by atoms with Crippen molar-refractivity contribution in [3.05, 3.63) is 29.1 Å². The largest absolute Gasteiger partial charge is 0.348 e. The van der Waals surface area contributed by atoms with Gasteiger partial charge in [0, 0.05) is 30.6 Å². The van der Waals surface area contributed by atoms with Crippen molar-refractivity contribution in [3.8, 4) is 11.3 Å². The van der Waals surface area contributed by atoms with Crippen molar-refractivity contribution in [1.82, 2.24) is 4.98 Å². The lowest BCUT2D eigenvalue weighted by Gasteiger charge is -2.30. The second-order valence-corrected chi connectivity index (χ2v) is 10.3. The fourth-order valence-corrected chi connectivity index (χ4v) is 5.91. The average molecular weight is 392 g/mol. The molecule has 0 aliphatic carbocycles. The summed E-state index contributed by atoms with van der Waals surface area (Å²) in [5.74, 6) is 0.861. The maximum Gasteiger partial charge on any atom is 0.234 e. The Labute approximate surface area is 159 Å². The Kier molecular flexibility index (Phi) is 4.69. The van der Waals surface area contributed by atoms with Crippen LogP contribution in [0.5, 0.6) is 0 Å². The molecule has 3 heterocycles. The Hall–Kier alpha value is -1.60. The average Bonchev–Trinajstić information content (AvgIpc) is 3.28. The number of aromatic nitrogens is 1. The van der Waals surface area contributed by atoms with Gasteiger partial charge in [-0.2, -0.15) is 0 Å². The summed E-state index contributed by atoms with van der Waals surface area (Å²) in [7, 11) is -3.19. The van der Waals surface area contributed by atoms with Crippen molar-refractivity contribution in [1.29, 1.82) is 0 Å². The predicted molar refractivity (Wildman–Crippen MR) is 109 cm³/mol. The highest BCUT2D eigenvalue weighted by atomic mass is 32.2. The van der Waals surface area contributed by atoms with Crippen LogP contribution < -0.4 is 9.21 Å². The lowest BCUT2D eigenvalue weighted by molar-refractivity contribution is 0.446. The van der Waals surface area contributed by atoms with Gasteiger partial charge in [-0.3, -0.25) is 4.31 Å². The summed E-state index contributed by atoms with van der Waals surface area (Å²) in [6.07, 6.45) is 3.30. The molecule has 1 aromatic heterocycles. The summed E-state index contributed by atoms with van der Waals surface area (Å²) in [4.78, 5) is 7.25. The van der Waals surface area contributed by atoms with E-state index in [0.29, 0.717) is 6.54 Å². The minimum absolute atomic E-state index is 0.137. The number of rotatable bonds is 4. The maximum absolute atomic E-state index is 12.2. The lowest BCUT2D eigenvalue weighted by Crippen LogP contribution is -2.34. The van der Waals surface area contributed by atoms with Crippen LogP contribution in [0.25, 0.3) is 11.3 Å². The molecule has 0 radical (unpaired) electrons.